The van der Waals surface area contributed by atoms with Crippen LogP contribution in [0.25, 0.3) is 0 Å². The van der Waals surface area contributed by atoms with Crippen LogP contribution < -0.4 is 5.73 Å². The number of carbonyl (C=O) groups excluding carboxylic acids is 1. The topological polar surface area (TPSA) is 55.6 Å². The molecule has 0 aromatic rings. The van der Waals surface area contributed by atoms with Gasteiger partial charge in [0, 0.05) is 19.7 Å². The molecule has 4 heteroatoms. The summed E-state index contributed by atoms with van der Waals surface area (Å²) in [6.07, 6.45) is 5.10. The van der Waals surface area contributed by atoms with Crippen LogP contribution >= 0.6 is 0 Å². The van der Waals surface area contributed by atoms with Gasteiger partial charge in [-0.1, -0.05) is 0 Å². The van der Waals surface area contributed by atoms with E-state index < -0.39 is 0 Å². The van der Waals surface area contributed by atoms with E-state index >= 15 is 0 Å². The standard InChI is InChI=1S/C12H22N2O2/c13-6-3-10-4-7-14(8-5-10)12(15)11-2-1-9-16-11/h10-11H,1-9,13H2. The van der Waals surface area contributed by atoms with E-state index in [2.05, 4.69) is 0 Å². The van der Waals surface area contributed by atoms with Gasteiger partial charge in [-0.3, -0.25) is 4.79 Å². The van der Waals surface area contributed by atoms with E-state index in [0.29, 0.717) is 0 Å². The zero-order valence-corrected chi connectivity index (χ0v) is 9.86. The van der Waals surface area contributed by atoms with Crippen molar-refractivity contribution in [2.75, 3.05) is 26.2 Å². The van der Waals surface area contributed by atoms with Crippen molar-refractivity contribution in [1.29, 1.82) is 0 Å². The molecule has 1 atom stereocenters. The van der Waals surface area contributed by atoms with Crippen LogP contribution in [0.3, 0.4) is 0 Å². The maximum absolute atomic E-state index is 12.0. The molecule has 1 amide bonds. The summed E-state index contributed by atoms with van der Waals surface area (Å²) < 4.78 is 5.43. The largest absolute Gasteiger partial charge is 0.368 e. The SMILES string of the molecule is NCCC1CCN(C(=O)C2CCCO2)CC1. The average molecular weight is 226 g/mol. The maximum Gasteiger partial charge on any atom is 0.251 e. The van der Waals surface area contributed by atoms with Gasteiger partial charge in [-0.05, 0) is 44.6 Å². The van der Waals surface area contributed by atoms with Gasteiger partial charge >= 0.3 is 0 Å². The van der Waals surface area contributed by atoms with Crippen LogP contribution in [0.4, 0.5) is 0 Å². The van der Waals surface area contributed by atoms with Gasteiger partial charge < -0.3 is 15.4 Å². The van der Waals surface area contributed by atoms with Crippen LogP contribution in [-0.4, -0.2) is 43.2 Å². The Balaban J connectivity index is 1.77. The van der Waals surface area contributed by atoms with Crippen molar-refractivity contribution in [2.45, 2.75) is 38.2 Å². The van der Waals surface area contributed by atoms with Gasteiger partial charge in [-0.25, -0.2) is 0 Å². The number of carbonyl (C=O) groups is 1. The molecule has 0 saturated carbocycles. The van der Waals surface area contributed by atoms with E-state index in [9.17, 15) is 4.79 Å². The number of nitrogens with two attached hydrogens (primary N) is 1. The minimum atomic E-state index is -0.147. The summed E-state index contributed by atoms with van der Waals surface area (Å²) in [7, 11) is 0. The minimum absolute atomic E-state index is 0.147. The highest BCUT2D eigenvalue weighted by Gasteiger charge is 2.30. The molecular weight excluding hydrogens is 204 g/mol. The third kappa shape index (κ3) is 2.74. The first-order chi connectivity index (χ1) is 7.81. The second kappa shape index (κ2) is 5.64. The molecule has 0 bridgehead atoms. The Hall–Kier alpha value is -0.610. The summed E-state index contributed by atoms with van der Waals surface area (Å²) in [5, 5.41) is 0. The van der Waals surface area contributed by atoms with E-state index in [-0.39, 0.29) is 12.0 Å². The fourth-order valence-corrected chi connectivity index (χ4v) is 2.65. The van der Waals surface area contributed by atoms with Gasteiger partial charge in [0.15, 0.2) is 0 Å². The third-order valence-electron chi connectivity index (χ3n) is 3.71. The minimum Gasteiger partial charge on any atom is -0.368 e. The molecule has 2 rings (SSSR count). The van der Waals surface area contributed by atoms with Crippen LogP contribution in [0.5, 0.6) is 0 Å². The van der Waals surface area contributed by atoms with Gasteiger partial charge in [0.05, 0.1) is 0 Å². The fraction of sp³-hybridized carbons (Fsp3) is 0.917. The second-order valence-electron chi connectivity index (χ2n) is 4.85. The fourth-order valence-electron chi connectivity index (χ4n) is 2.65. The lowest BCUT2D eigenvalue weighted by Crippen LogP contribution is -2.43. The van der Waals surface area contributed by atoms with Crippen molar-refractivity contribution in [3.05, 3.63) is 0 Å². The Morgan fingerprint density at radius 3 is 2.62 bits per heavy atom. The lowest BCUT2D eigenvalue weighted by molar-refractivity contribution is -0.142. The molecule has 2 aliphatic heterocycles. The lowest BCUT2D eigenvalue weighted by Gasteiger charge is -2.33. The smallest absolute Gasteiger partial charge is 0.251 e. The molecule has 92 valence electrons. The molecule has 0 spiro atoms. The number of nitrogens with zero attached hydrogens (tertiary/aromatic N) is 1. The van der Waals surface area contributed by atoms with Crippen molar-refractivity contribution < 1.29 is 9.53 Å². The third-order valence-corrected chi connectivity index (χ3v) is 3.71. The van der Waals surface area contributed by atoms with Crippen molar-refractivity contribution in [1.82, 2.24) is 4.90 Å². The second-order valence-corrected chi connectivity index (χ2v) is 4.85. The molecule has 0 aliphatic carbocycles. The summed E-state index contributed by atoms with van der Waals surface area (Å²) in [6.45, 7) is 3.30. The van der Waals surface area contributed by atoms with E-state index in [0.717, 1.165) is 64.3 Å². The number of amides is 1. The number of piperidine rings is 1. The van der Waals surface area contributed by atoms with E-state index in [1.165, 1.54) is 0 Å². The lowest BCUT2D eigenvalue weighted by atomic mass is 9.93. The number of hydrogen-bond acceptors (Lipinski definition) is 3. The normalized spacial score (nSPS) is 27.3. The highest BCUT2D eigenvalue weighted by Crippen LogP contribution is 2.22. The van der Waals surface area contributed by atoms with Crippen molar-refractivity contribution >= 4 is 5.91 Å². The first kappa shape index (κ1) is 11.9. The van der Waals surface area contributed by atoms with Gasteiger partial charge in [0.2, 0.25) is 0 Å². The first-order valence-corrected chi connectivity index (χ1v) is 6.41. The monoisotopic (exact) mass is 226 g/mol. The Bertz CT molecular complexity index is 231. The zero-order chi connectivity index (χ0) is 11.4. The van der Waals surface area contributed by atoms with Crippen LogP contribution in [-0.2, 0) is 9.53 Å². The zero-order valence-electron chi connectivity index (χ0n) is 9.86. The summed E-state index contributed by atoms with van der Waals surface area (Å²) >= 11 is 0. The molecule has 2 fully saturated rings. The van der Waals surface area contributed by atoms with Crippen molar-refractivity contribution in [2.24, 2.45) is 11.7 Å². The average Bonchev–Trinajstić information content (AvgIpc) is 2.83. The van der Waals surface area contributed by atoms with E-state index in [1.807, 2.05) is 4.90 Å². The molecule has 2 heterocycles. The Labute approximate surface area is 97.1 Å². The molecular formula is C12H22N2O2. The molecule has 4 nitrogen and oxygen atoms in total. The molecule has 2 saturated heterocycles. The highest BCUT2D eigenvalue weighted by atomic mass is 16.5. The van der Waals surface area contributed by atoms with E-state index in [4.69, 9.17) is 10.5 Å². The quantitative estimate of drug-likeness (QED) is 0.772. The van der Waals surface area contributed by atoms with Crippen molar-refractivity contribution in [3.8, 4) is 0 Å². The van der Waals surface area contributed by atoms with E-state index in [1.54, 1.807) is 0 Å². The van der Waals surface area contributed by atoms with Crippen LogP contribution in [0.2, 0.25) is 0 Å². The summed E-state index contributed by atoms with van der Waals surface area (Å²) in [5.41, 5.74) is 5.55. The molecule has 1 unspecified atom stereocenters. The molecule has 0 aromatic heterocycles. The van der Waals surface area contributed by atoms with Gasteiger partial charge in [-0.15, -0.1) is 0 Å². The molecule has 0 aromatic carbocycles. The number of likely N-dealkylation sites (tertiary alicyclic amines) is 1. The van der Waals surface area contributed by atoms with Gasteiger partial charge in [-0.2, -0.15) is 0 Å². The summed E-state index contributed by atoms with van der Waals surface area (Å²) in [6, 6.07) is 0. The van der Waals surface area contributed by atoms with Crippen LogP contribution in [0, 0.1) is 5.92 Å². The number of hydrogen-bond donors (Lipinski definition) is 1. The predicted molar refractivity (Wildman–Crippen MR) is 61.9 cm³/mol. The summed E-state index contributed by atoms with van der Waals surface area (Å²) in [5.74, 6) is 0.933. The Morgan fingerprint density at radius 1 is 1.31 bits per heavy atom. The maximum atomic E-state index is 12.0. The molecule has 16 heavy (non-hydrogen) atoms. The predicted octanol–water partition coefficient (Wildman–Crippen LogP) is 0.753. The molecule has 2 N–H and O–H groups in total. The van der Waals surface area contributed by atoms with Crippen LogP contribution in [0.15, 0.2) is 0 Å². The van der Waals surface area contributed by atoms with Gasteiger partial charge in [0.25, 0.3) is 5.91 Å². The Kier molecular flexibility index (Phi) is 4.18. The van der Waals surface area contributed by atoms with Crippen molar-refractivity contribution in [3.63, 3.8) is 0 Å². The van der Waals surface area contributed by atoms with Crippen LogP contribution in [0.1, 0.15) is 32.1 Å². The Morgan fingerprint density at radius 2 is 2.06 bits per heavy atom. The molecule has 0 radical (unpaired) electrons. The highest BCUT2D eigenvalue weighted by molar-refractivity contribution is 5.81. The number of ether oxygens (including phenoxy) is 1. The first-order valence-electron chi connectivity index (χ1n) is 6.41. The summed E-state index contributed by atoms with van der Waals surface area (Å²) in [4.78, 5) is 14.0. The van der Waals surface area contributed by atoms with Gasteiger partial charge in [0.1, 0.15) is 6.10 Å². The molecule has 2 aliphatic rings. The number of rotatable bonds is 3.